The molecule has 1 fully saturated rings. The Balaban J connectivity index is 1.49. The molecule has 140 valence electrons. The van der Waals surface area contributed by atoms with E-state index in [0.29, 0.717) is 11.4 Å². The average Bonchev–Trinajstić information content (AvgIpc) is 3.32. The molecular formula is C21H22BrN3O2. The third-order valence-electron chi connectivity index (χ3n) is 5.24. The smallest absolute Gasteiger partial charge is 0.272 e. The van der Waals surface area contributed by atoms with Gasteiger partial charge in [0.05, 0.1) is 0 Å². The van der Waals surface area contributed by atoms with Crippen molar-refractivity contribution in [2.75, 3.05) is 18.4 Å². The van der Waals surface area contributed by atoms with Crippen LogP contribution in [-0.2, 0) is 5.72 Å². The van der Waals surface area contributed by atoms with Gasteiger partial charge in [-0.1, -0.05) is 28.1 Å². The lowest BCUT2D eigenvalue weighted by Gasteiger charge is -2.34. The fourth-order valence-corrected chi connectivity index (χ4v) is 4.01. The largest absolute Gasteiger partial charge is 0.372 e. The van der Waals surface area contributed by atoms with E-state index in [0.717, 1.165) is 46.9 Å². The van der Waals surface area contributed by atoms with Gasteiger partial charge in [0.25, 0.3) is 5.91 Å². The predicted molar refractivity (Wildman–Crippen MR) is 111 cm³/mol. The van der Waals surface area contributed by atoms with Crippen LogP contribution in [0.3, 0.4) is 0 Å². The highest BCUT2D eigenvalue weighted by atomic mass is 79.9. The molecule has 0 aliphatic carbocycles. The van der Waals surface area contributed by atoms with Gasteiger partial charge in [0.15, 0.2) is 0 Å². The molecule has 1 unspecified atom stereocenters. The molecule has 6 heteroatoms. The Morgan fingerprint density at radius 1 is 1.15 bits per heavy atom. The maximum atomic E-state index is 12.5. The topological polar surface area (TPSA) is 68.4 Å². The second-order valence-corrected chi connectivity index (χ2v) is 8.08. The van der Waals surface area contributed by atoms with Gasteiger partial charge in [0.2, 0.25) is 0 Å². The van der Waals surface area contributed by atoms with Gasteiger partial charge in [-0.2, -0.15) is 0 Å². The summed E-state index contributed by atoms with van der Waals surface area (Å²) in [5.41, 5.74) is 1.97. The van der Waals surface area contributed by atoms with Crippen molar-refractivity contribution in [2.45, 2.75) is 25.5 Å². The highest BCUT2D eigenvalue weighted by Crippen LogP contribution is 2.29. The van der Waals surface area contributed by atoms with Crippen LogP contribution in [0.25, 0.3) is 10.9 Å². The fraction of sp³-hybridized carbons (Fsp3) is 0.286. The molecule has 0 saturated carbocycles. The SMILES string of the molecule is CC(O)(c1ccc(NC(=O)c2cc3cc(Br)ccc3[nH]2)cc1)N1CCCC1. The van der Waals surface area contributed by atoms with Gasteiger partial charge in [0, 0.05) is 34.2 Å². The van der Waals surface area contributed by atoms with Crippen molar-refractivity contribution in [1.29, 1.82) is 0 Å². The number of carbonyl (C=O) groups is 1. The van der Waals surface area contributed by atoms with Crippen LogP contribution in [0.4, 0.5) is 5.69 Å². The zero-order valence-electron chi connectivity index (χ0n) is 15.1. The second-order valence-electron chi connectivity index (χ2n) is 7.16. The molecule has 4 rings (SSSR count). The lowest BCUT2D eigenvalue weighted by Crippen LogP contribution is -2.41. The number of aliphatic hydroxyl groups is 1. The number of fused-ring (bicyclic) bond motifs is 1. The van der Waals surface area contributed by atoms with Crippen LogP contribution in [0.5, 0.6) is 0 Å². The molecule has 2 aromatic carbocycles. The van der Waals surface area contributed by atoms with Crippen molar-refractivity contribution >= 4 is 38.4 Å². The summed E-state index contributed by atoms with van der Waals surface area (Å²) in [6.45, 7) is 3.64. The second kappa shape index (κ2) is 7.11. The van der Waals surface area contributed by atoms with Gasteiger partial charge in [0.1, 0.15) is 11.4 Å². The summed E-state index contributed by atoms with van der Waals surface area (Å²) in [5, 5.41) is 14.8. The quantitative estimate of drug-likeness (QED) is 0.576. The molecule has 1 atom stereocenters. The molecule has 2 heterocycles. The third kappa shape index (κ3) is 3.65. The first-order valence-electron chi connectivity index (χ1n) is 9.11. The molecule has 0 spiro atoms. The van der Waals surface area contributed by atoms with E-state index in [1.165, 1.54) is 0 Å². The van der Waals surface area contributed by atoms with Crippen molar-refractivity contribution in [3.63, 3.8) is 0 Å². The van der Waals surface area contributed by atoms with Gasteiger partial charge in [-0.3, -0.25) is 9.69 Å². The number of aromatic nitrogens is 1. The Morgan fingerprint density at radius 2 is 1.85 bits per heavy atom. The molecular weight excluding hydrogens is 406 g/mol. The van der Waals surface area contributed by atoms with Gasteiger partial charge < -0.3 is 15.4 Å². The number of likely N-dealkylation sites (tertiary alicyclic amines) is 1. The summed E-state index contributed by atoms with van der Waals surface area (Å²) in [4.78, 5) is 17.8. The molecule has 1 saturated heterocycles. The van der Waals surface area contributed by atoms with Crippen molar-refractivity contribution < 1.29 is 9.90 Å². The summed E-state index contributed by atoms with van der Waals surface area (Å²) in [7, 11) is 0. The van der Waals surface area contributed by atoms with Gasteiger partial charge >= 0.3 is 0 Å². The zero-order valence-corrected chi connectivity index (χ0v) is 16.7. The summed E-state index contributed by atoms with van der Waals surface area (Å²) in [6, 6.07) is 15.1. The van der Waals surface area contributed by atoms with E-state index < -0.39 is 5.72 Å². The zero-order chi connectivity index (χ0) is 19.0. The first-order chi connectivity index (χ1) is 12.9. The maximum Gasteiger partial charge on any atom is 0.272 e. The van der Waals surface area contributed by atoms with Gasteiger partial charge in [-0.15, -0.1) is 0 Å². The number of halogens is 1. The van der Waals surface area contributed by atoms with Gasteiger partial charge in [-0.25, -0.2) is 0 Å². The molecule has 1 aromatic heterocycles. The van der Waals surface area contributed by atoms with Crippen LogP contribution < -0.4 is 5.32 Å². The number of anilines is 1. The predicted octanol–water partition coefficient (Wildman–Crippen LogP) is 4.44. The van der Waals surface area contributed by atoms with Crippen LogP contribution in [0.15, 0.2) is 53.0 Å². The minimum absolute atomic E-state index is 0.193. The highest BCUT2D eigenvalue weighted by Gasteiger charge is 2.32. The van der Waals surface area contributed by atoms with E-state index in [1.54, 1.807) is 0 Å². The van der Waals surface area contributed by atoms with Crippen molar-refractivity contribution in [3.8, 4) is 0 Å². The van der Waals surface area contributed by atoms with Crippen molar-refractivity contribution in [2.24, 2.45) is 0 Å². The highest BCUT2D eigenvalue weighted by molar-refractivity contribution is 9.10. The first-order valence-corrected chi connectivity index (χ1v) is 9.90. The van der Waals surface area contributed by atoms with E-state index in [-0.39, 0.29) is 5.91 Å². The minimum Gasteiger partial charge on any atom is -0.372 e. The number of amides is 1. The molecule has 0 radical (unpaired) electrons. The lowest BCUT2D eigenvalue weighted by atomic mass is 10.0. The number of rotatable bonds is 4. The van der Waals surface area contributed by atoms with Crippen LogP contribution in [0.1, 0.15) is 35.8 Å². The fourth-order valence-electron chi connectivity index (χ4n) is 3.63. The van der Waals surface area contributed by atoms with E-state index in [4.69, 9.17) is 0 Å². The van der Waals surface area contributed by atoms with Crippen molar-refractivity contribution in [3.05, 3.63) is 64.3 Å². The number of aromatic amines is 1. The maximum absolute atomic E-state index is 12.5. The van der Waals surface area contributed by atoms with E-state index >= 15 is 0 Å². The van der Waals surface area contributed by atoms with Crippen LogP contribution >= 0.6 is 15.9 Å². The van der Waals surface area contributed by atoms with Crippen LogP contribution in [0.2, 0.25) is 0 Å². The Bertz CT molecular complexity index is 973. The lowest BCUT2D eigenvalue weighted by molar-refractivity contribution is -0.0882. The Morgan fingerprint density at radius 3 is 2.56 bits per heavy atom. The molecule has 1 amide bonds. The third-order valence-corrected chi connectivity index (χ3v) is 5.73. The number of nitrogens with one attached hydrogen (secondary N) is 2. The summed E-state index contributed by atoms with van der Waals surface area (Å²) in [6.07, 6.45) is 2.23. The van der Waals surface area contributed by atoms with E-state index in [2.05, 4.69) is 31.1 Å². The van der Waals surface area contributed by atoms with E-state index in [1.807, 2.05) is 55.5 Å². The molecule has 5 nitrogen and oxygen atoms in total. The Kier molecular flexibility index (Phi) is 4.80. The van der Waals surface area contributed by atoms with E-state index in [9.17, 15) is 9.90 Å². The van der Waals surface area contributed by atoms with Crippen molar-refractivity contribution in [1.82, 2.24) is 9.88 Å². The normalized spacial score (nSPS) is 17.1. The molecule has 1 aliphatic heterocycles. The van der Waals surface area contributed by atoms with Crippen LogP contribution in [0, 0.1) is 0 Å². The van der Waals surface area contributed by atoms with Gasteiger partial charge in [-0.05, 0) is 61.7 Å². The first kappa shape index (κ1) is 18.2. The molecule has 0 bridgehead atoms. The number of hydrogen-bond donors (Lipinski definition) is 3. The molecule has 3 N–H and O–H groups in total. The Labute approximate surface area is 166 Å². The summed E-state index contributed by atoms with van der Waals surface area (Å²) >= 11 is 3.44. The Hall–Kier alpha value is -2.15. The van der Waals surface area contributed by atoms with Crippen LogP contribution in [-0.4, -0.2) is 34.0 Å². The summed E-state index contributed by atoms with van der Waals surface area (Å²) < 4.78 is 0.974. The molecule has 1 aliphatic rings. The number of nitrogens with zero attached hydrogens (tertiary/aromatic N) is 1. The molecule has 3 aromatic rings. The number of hydrogen-bond acceptors (Lipinski definition) is 3. The molecule has 27 heavy (non-hydrogen) atoms. The standard InChI is InChI=1S/C21H22BrN3O2/c1-21(27,25-10-2-3-11-25)15-4-7-17(8-5-15)23-20(26)19-13-14-12-16(22)6-9-18(14)24-19/h4-9,12-13,24,27H,2-3,10-11H2,1H3,(H,23,26). The summed E-state index contributed by atoms with van der Waals surface area (Å²) in [5.74, 6) is -0.193. The minimum atomic E-state index is -0.983. The number of H-pyrrole nitrogens is 1. The average molecular weight is 428 g/mol. The monoisotopic (exact) mass is 427 g/mol. The number of carbonyl (C=O) groups excluding carboxylic acids is 1. The number of benzene rings is 2.